The van der Waals surface area contributed by atoms with Crippen molar-refractivity contribution in [1.29, 1.82) is 0 Å². The lowest BCUT2D eigenvalue weighted by Crippen LogP contribution is -2.31. The number of hydrogen-bond acceptors (Lipinski definition) is 4. The van der Waals surface area contributed by atoms with E-state index in [1.807, 2.05) is 42.6 Å². The molecule has 0 radical (unpaired) electrons. The molecule has 1 amide bonds. The molecule has 1 aliphatic rings. The maximum absolute atomic E-state index is 13.2. The molecule has 1 fully saturated rings. The van der Waals surface area contributed by atoms with Crippen LogP contribution in [-0.4, -0.2) is 40.3 Å². The lowest BCUT2D eigenvalue weighted by molar-refractivity contribution is -0.139. The topological polar surface area (TPSA) is 82.6 Å². The van der Waals surface area contributed by atoms with Gasteiger partial charge in [0.05, 0.1) is 18.7 Å². The summed E-state index contributed by atoms with van der Waals surface area (Å²) in [6, 6.07) is 20.9. The first kappa shape index (κ1) is 22.7. The van der Waals surface area contributed by atoms with Crippen LogP contribution >= 0.6 is 11.6 Å². The van der Waals surface area contributed by atoms with Gasteiger partial charge in [-0.2, -0.15) is 0 Å². The van der Waals surface area contributed by atoms with Crippen molar-refractivity contribution < 1.29 is 19.4 Å². The molecule has 35 heavy (non-hydrogen) atoms. The summed E-state index contributed by atoms with van der Waals surface area (Å²) in [5, 5.41) is 12.7. The number of aliphatic hydroxyl groups is 1. The summed E-state index contributed by atoms with van der Waals surface area (Å²) in [7, 11) is 1.57. The molecule has 0 aliphatic carbocycles. The number of ether oxygens (including phenoxy) is 1. The summed E-state index contributed by atoms with van der Waals surface area (Å²) in [6.07, 6.45) is 2.47. The van der Waals surface area contributed by atoms with E-state index < -0.39 is 17.7 Å². The maximum Gasteiger partial charge on any atom is 0.295 e. The number of H-pyrrole nitrogens is 1. The number of benzene rings is 3. The molecule has 1 aromatic heterocycles. The fraction of sp³-hybridized carbons (Fsp3) is 0.143. The Bertz CT molecular complexity index is 1440. The average Bonchev–Trinajstić information content (AvgIpc) is 3.41. The van der Waals surface area contributed by atoms with Gasteiger partial charge in [0, 0.05) is 34.2 Å². The molecule has 3 aromatic carbocycles. The monoisotopic (exact) mass is 486 g/mol. The van der Waals surface area contributed by atoms with Gasteiger partial charge in [0.1, 0.15) is 11.5 Å². The van der Waals surface area contributed by atoms with Crippen LogP contribution in [0.1, 0.15) is 22.7 Å². The number of amides is 1. The molecule has 7 heteroatoms. The van der Waals surface area contributed by atoms with Crippen molar-refractivity contribution in [2.24, 2.45) is 0 Å². The Morgan fingerprint density at radius 2 is 1.74 bits per heavy atom. The summed E-state index contributed by atoms with van der Waals surface area (Å²) in [5.41, 5.74) is 3.25. The Labute approximate surface area is 207 Å². The largest absolute Gasteiger partial charge is 0.507 e. The quantitative estimate of drug-likeness (QED) is 0.214. The van der Waals surface area contributed by atoms with E-state index >= 15 is 0 Å². The predicted molar refractivity (Wildman–Crippen MR) is 135 cm³/mol. The van der Waals surface area contributed by atoms with Gasteiger partial charge in [0.2, 0.25) is 0 Å². The fourth-order valence-electron chi connectivity index (χ4n) is 4.59. The molecule has 2 heterocycles. The van der Waals surface area contributed by atoms with Crippen LogP contribution in [-0.2, 0) is 16.0 Å². The van der Waals surface area contributed by atoms with Crippen LogP contribution < -0.4 is 4.74 Å². The number of halogens is 1. The number of ketones is 1. The SMILES string of the molecule is COc1ccc(C2/C(=C(/O)c3ccc(Cl)cc3)C(=O)C(=O)N2CCc2c[nH]c3ccccc23)cc1. The maximum atomic E-state index is 13.2. The molecule has 5 rings (SSSR count). The molecule has 2 N–H and O–H groups in total. The van der Waals surface area contributed by atoms with Gasteiger partial charge in [0.25, 0.3) is 11.7 Å². The van der Waals surface area contributed by atoms with Crippen LogP contribution in [0.5, 0.6) is 5.75 Å². The molecule has 176 valence electrons. The van der Waals surface area contributed by atoms with E-state index in [0.29, 0.717) is 34.9 Å². The molecule has 1 unspecified atom stereocenters. The molecule has 6 nitrogen and oxygen atoms in total. The highest BCUT2D eigenvalue weighted by Gasteiger charge is 2.45. The summed E-state index contributed by atoms with van der Waals surface area (Å²) < 4.78 is 5.27. The van der Waals surface area contributed by atoms with Crippen LogP contribution in [0.15, 0.2) is 84.6 Å². The number of aromatic nitrogens is 1. The van der Waals surface area contributed by atoms with Gasteiger partial charge in [-0.15, -0.1) is 0 Å². The van der Waals surface area contributed by atoms with Gasteiger partial charge in [-0.25, -0.2) is 0 Å². The number of aromatic amines is 1. The molecular formula is C28H23ClN2O4. The van der Waals surface area contributed by atoms with Gasteiger partial charge in [0.15, 0.2) is 0 Å². The number of aliphatic hydroxyl groups excluding tert-OH is 1. The van der Waals surface area contributed by atoms with E-state index in [9.17, 15) is 14.7 Å². The predicted octanol–water partition coefficient (Wildman–Crippen LogP) is 5.49. The van der Waals surface area contributed by atoms with Crippen molar-refractivity contribution in [1.82, 2.24) is 9.88 Å². The molecule has 1 aliphatic heterocycles. The van der Waals surface area contributed by atoms with Crippen molar-refractivity contribution in [3.8, 4) is 5.75 Å². The Morgan fingerprint density at radius 1 is 1.03 bits per heavy atom. The van der Waals surface area contributed by atoms with E-state index in [0.717, 1.165) is 16.5 Å². The first-order valence-electron chi connectivity index (χ1n) is 11.2. The summed E-state index contributed by atoms with van der Waals surface area (Å²) in [6.45, 7) is 0.306. The van der Waals surface area contributed by atoms with Crippen LogP contribution in [0.25, 0.3) is 16.7 Å². The zero-order valence-electron chi connectivity index (χ0n) is 19.0. The van der Waals surface area contributed by atoms with Crippen molar-refractivity contribution in [2.75, 3.05) is 13.7 Å². The Balaban J connectivity index is 1.56. The summed E-state index contributed by atoms with van der Waals surface area (Å²) >= 11 is 5.99. The Kier molecular flexibility index (Phi) is 6.05. The first-order valence-corrected chi connectivity index (χ1v) is 11.6. The Hall–Kier alpha value is -4.03. The van der Waals surface area contributed by atoms with Gasteiger partial charge in [-0.1, -0.05) is 41.9 Å². The van der Waals surface area contributed by atoms with Crippen LogP contribution in [0, 0.1) is 0 Å². The third kappa shape index (κ3) is 4.17. The second-order valence-corrected chi connectivity index (χ2v) is 8.82. The third-order valence-electron chi connectivity index (χ3n) is 6.39. The third-order valence-corrected chi connectivity index (χ3v) is 6.64. The van der Waals surface area contributed by atoms with Gasteiger partial charge in [-0.05, 0) is 60.0 Å². The number of Topliss-reactive ketones (excluding diaryl/α,β-unsaturated/α-hetero) is 1. The zero-order valence-corrected chi connectivity index (χ0v) is 19.8. The second-order valence-electron chi connectivity index (χ2n) is 8.38. The van der Waals surface area contributed by atoms with E-state index in [2.05, 4.69) is 4.98 Å². The molecule has 1 atom stereocenters. The lowest BCUT2D eigenvalue weighted by Gasteiger charge is -2.25. The Morgan fingerprint density at radius 3 is 2.46 bits per heavy atom. The minimum absolute atomic E-state index is 0.0569. The number of nitrogens with one attached hydrogen (secondary N) is 1. The number of likely N-dealkylation sites (tertiary alicyclic amines) is 1. The number of methoxy groups -OCH3 is 1. The number of para-hydroxylation sites is 1. The first-order chi connectivity index (χ1) is 17.0. The molecule has 1 saturated heterocycles. The van der Waals surface area contributed by atoms with E-state index in [1.54, 1.807) is 43.5 Å². The summed E-state index contributed by atoms with van der Waals surface area (Å²) in [5.74, 6) is -0.920. The smallest absolute Gasteiger partial charge is 0.295 e. The van der Waals surface area contributed by atoms with E-state index in [4.69, 9.17) is 16.3 Å². The highest BCUT2D eigenvalue weighted by molar-refractivity contribution is 6.46. The van der Waals surface area contributed by atoms with Crippen LogP contribution in [0.3, 0.4) is 0 Å². The van der Waals surface area contributed by atoms with E-state index in [1.165, 1.54) is 4.90 Å². The molecular weight excluding hydrogens is 464 g/mol. The number of fused-ring (bicyclic) bond motifs is 1. The number of carbonyl (C=O) groups is 2. The number of carbonyl (C=O) groups excluding carboxylic acids is 2. The van der Waals surface area contributed by atoms with Gasteiger partial charge in [-0.3, -0.25) is 9.59 Å². The van der Waals surface area contributed by atoms with Crippen LogP contribution in [0.2, 0.25) is 5.02 Å². The zero-order chi connectivity index (χ0) is 24.5. The van der Waals surface area contributed by atoms with Crippen molar-refractivity contribution >= 4 is 40.0 Å². The standard InChI is InChI=1S/C28H23ClN2O4/c1-35-21-12-8-17(9-13-21)25-24(26(32)18-6-10-20(29)11-7-18)27(33)28(34)31(25)15-14-19-16-30-23-5-3-2-4-22(19)23/h2-13,16,25,30,32H,14-15H2,1H3/b26-24-. The average molecular weight is 487 g/mol. The molecule has 0 saturated carbocycles. The van der Waals surface area contributed by atoms with Crippen molar-refractivity contribution in [3.05, 3.63) is 106 Å². The minimum Gasteiger partial charge on any atom is -0.507 e. The molecule has 0 spiro atoms. The molecule has 4 aromatic rings. The molecule has 0 bridgehead atoms. The normalized spacial score (nSPS) is 17.3. The highest BCUT2D eigenvalue weighted by Crippen LogP contribution is 2.40. The van der Waals surface area contributed by atoms with Crippen molar-refractivity contribution in [2.45, 2.75) is 12.5 Å². The minimum atomic E-state index is -0.734. The van der Waals surface area contributed by atoms with E-state index in [-0.39, 0.29) is 11.3 Å². The highest BCUT2D eigenvalue weighted by atomic mass is 35.5. The number of hydrogen-bond donors (Lipinski definition) is 2. The lowest BCUT2D eigenvalue weighted by atomic mass is 9.95. The number of nitrogens with zero attached hydrogens (tertiary/aromatic N) is 1. The second kappa shape index (κ2) is 9.31. The van der Waals surface area contributed by atoms with Gasteiger partial charge >= 0.3 is 0 Å². The van der Waals surface area contributed by atoms with Crippen molar-refractivity contribution in [3.63, 3.8) is 0 Å². The number of rotatable bonds is 6. The summed E-state index contributed by atoms with van der Waals surface area (Å²) in [4.78, 5) is 31.2. The van der Waals surface area contributed by atoms with Gasteiger partial charge < -0.3 is 19.7 Å². The fourth-order valence-corrected chi connectivity index (χ4v) is 4.71. The van der Waals surface area contributed by atoms with Crippen LogP contribution in [0.4, 0.5) is 0 Å².